The number of carbonyl (C=O) groups excluding carboxylic acids is 1. The third-order valence-electron chi connectivity index (χ3n) is 3.16. The van der Waals surface area contributed by atoms with E-state index in [9.17, 15) is 4.79 Å². The van der Waals surface area contributed by atoms with Gasteiger partial charge in [-0.25, -0.2) is 0 Å². The number of aryl methyl sites for hydroxylation is 3. The molecule has 0 amide bonds. The summed E-state index contributed by atoms with van der Waals surface area (Å²) in [5.74, 6) is 0.0621. The highest BCUT2D eigenvalue weighted by atomic mass is 16.1. The van der Waals surface area contributed by atoms with Crippen LogP contribution in [0.4, 0.5) is 0 Å². The fourth-order valence-electron chi connectivity index (χ4n) is 2.24. The molecule has 2 aromatic rings. The van der Waals surface area contributed by atoms with Crippen molar-refractivity contribution in [2.45, 2.75) is 40.2 Å². The van der Waals surface area contributed by atoms with Crippen molar-refractivity contribution in [2.75, 3.05) is 0 Å². The normalized spacial score (nSPS) is 10.7. The highest BCUT2D eigenvalue weighted by Gasteiger charge is 2.15. The van der Waals surface area contributed by atoms with Crippen LogP contribution in [-0.2, 0) is 19.4 Å². The molecule has 0 bridgehead atoms. The molecule has 0 atom stereocenters. The van der Waals surface area contributed by atoms with E-state index in [0.29, 0.717) is 12.1 Å². The number of hydrogen-bond acceptors (Lipinski definition) is 3. The Balaban J connectivity index is 2.25. The van der Waals surface area contributed by atoms with E-state index in [1.165, 1.54) is 0 Å². The minimum atomic E-state index is 0.0621. The summed E-state index contributed by atoms with van der Waals surface area (Å²) >= 11 is 0. The lowest BCUT2D eigenvalue weighted by Gasteiger charge is -2.06. The standard InChI is InChI=1S/C15H19N3O/c1-4-12-7-6-8-16-15(12)14(19)10-13-9-11(3)17-18(13)5-2/h6-9H,4-5,10H2,1-3H3. The highest BCUT2D eigenvalue weighted by Crippen LogP contribution is 2.12. The lowest BCUT2D eigenvalue weighted by atomic mass is 10.0. The zero-order valence-electron chi connectivity index (χ0n) is 11.7. The first kappa shape index (κ1) is 13.5. The topological polar surface area (TPSA) is 47.8 Å². The second kappa shape index (κ2) is 5.78. The Hall–Kier alpha value is -1.97. The predicted octanol–water partition coefficient (Wildman–Crippen LogP) is 2.59. The van der Waals surface area contributed by atoms with Crippen LogP contribution in [0, 0.1) is 6.92 Å². The molecule has 4 heteroatoms. The molecule has 0 unspecified atom stereocenters. The molecule has 0 saturated heterocycles. The van der Waals surface area contributed by atoms with Crippen molar-refractivity contribution in [1.29, 1.82) is 0 Å². The fourth-order valence-corrected chi connectivity index (χ4v) is 2.24. The average Bonchev–Trinajstić information content (AvgIpc) is 2.78. The van der Waals surface area contributed by atoms with Crippen LogP contribution in [0.25, 0.3) is 0 Å². The number of Topliss-reactive ketones (excluding diaryl/α,β-unsaturated/α-hetero) is 1. The number of aromatic nitrogens is 3. The molecule has 2 rings (SSSR count). The van der Waals surface area contributed by atoms with Gasteiger partial charge in [-0.2, -0.15) is 5.10 Å². The zero-order valence-corrected chi connectivity index (χ0v) is 11.7. The summed E-state index contributed by atoms with van der Waals surface area (Å²) in [4.78, 5) is 16.6. The van der Waals surface area contributed by atoms with Crippen molar-refractivity contribution < 1.29 is 4.79 Å². The number of nitrogens with zero attached hydrogens (tertiary/aromatic N) is 3. The van der Waals surface area contributed by atoms with Crippen LogP contribution >= 0.6 is 0 Å². The van der Waals surface area contributed by atoms with Crippen molar-refractivity contribution in [3.63, 3.8) is 0 Å². The largest absolute Gasteiger partial charge is 0.292 e. The molecule has 0 radical (unpaired) electrons. The van der Waals surface area contributed by atoms with Gasteiger partial charge in [0.05, 0.1) is 12.1 Å². The Morgan fingerprint density at radius 2 is 2.16 bits per heavy atom. The summed E-state index contributed by atoms with van der Waals surface area (Å²) < 4.78 is 1.88. The maximum atomic E-state index is 12.4. The Labute approximate surface area is 113 Å². The van der Waals surface area contributed by atoms with Crippen LogP contribution in [0.2, 0.25) is 0 Å². The molecule has 2 heterocycles. The molecule has 0 fully saturated rings. The zero-order chi connectivity index (χ0) is 13.8. The van der Waals surface area contributed by atoms with Crippen molar-refractivity contribution in [2.24, 2.45) is 0 Å². The maximum absolute atomic E-state index is 12.4. The van der Waals surface area contributed by atoms with Crippen LogP contribution in [0.3, 0.4) is 0 Å². The fraction of sp³-hybridized carbons (Fsp3) is 0.400. The van der Waals surface area contributed by atoms with Crippen LogP contribution in [-0.4, -0.2) is 20.5 Å². The molecule has 0 spiro atoms. The van der Waals surface area contributed by atoms with Crippen molar-refractivity contribution in [1.82, 2.24) is 14.8 Å². The quantitative estimate of drug-likeness (QED) is 0.773. The predicted molar refractivity (Wildman–Crippen MR) is 74.3 cm³/mol. The monoisotopic (exact) mass is 257 g/mol. The molecule has 0 aliphatic heterocycles. The van der Waals surface area contributed by atoms with Gasteiger partial charge in [0.1, 0.15) is 5.69 Å². The molecule has 19 heavy (non-hydrogen) atoms. The van der Waals surface area contributed by atoms with Gasteiger partial charge in [0.25, 0.3) is 0 Å². The number of carbonyl (C=O) groups is 1. The van der Waals surface area contributed by atoms with Gasteiger partial charge in [0.2, 0.25) is 0 Å². The average molecular weight is 257 g/mol. The molecule has 100 valence electrons. The summed E-state index contributed by atoms with van der Waals surface area (Å²) in [5, 5.41) is 4.36. The summed E-state index contributed by atoms with van der Waals surface area (Å²) in [7, 11) is 0. The van der Waals surface area contributed by atoms with Gasteiger partial charge in [-0.3, -0.25) is 14.5 Å². The van der Waals surface area contributed by atoms with Crippen LogP contribution < -0.4 is 0 Å². The molecule has 0 saturated carbocycles. The molecule has 0 aliphatic rings. The van der Waals surface area contributed by atoms with E-state index >= 15 is 0 Å². The van der Waals surface area contributed by atoms with Gasteiger partial charge in [-0.15, -0.1) is 0 Å². The molecule has 2 aromatic heterocycles. The number of pyridine rings is 1. The number of ketones is 1. The Morgan fingerprint density at radius 3 is 2.84 bits per heavy atom. The van der Waals surface area contributed by atoms with Gasteiger partial charge in [0, 0.05) is 18.4 Å². The molecule has 0 N–H and O–H groups in total. The second-order valence-electron chi connectivity index (χ2n) is 4.56. The molecular formula is C15H19N3O. The molecular weight excluding hydrogens is 238 g/mol. The maximum Gasteiger partial charge on any atom is 0.187 e. The minimum Gasteiger partial charge on any atom is -0.292 e. The lowest BCUT2D eigenvalue weighted by molar-refractivity contribution is 0.0985. The van der Waals surface area contributed by atoms with E-state index in [1.54, 1.807) is 6.20 Å². The number of rotatable bonds is 5. The molecule has 4 nitrogen and oxygen atoms in total. The molecule has 0 aromatic carbocycles. The smallest absolute Gasteiger partial charge is 0.187 e. The summed E-state index contributed by atoms with van der Waals surface area (Å²) in [5.41, 5.74) is 3.50. The van der Waals surface area contributed by atoms with Gasteiger partial charge < -0.3 is 0 Å². The van der Waals surface area contributed by atoms with Gasteiger partial charge >= 0.3 is 0 Å². The van der Waals surface area contributed by atoms with E-state index in [2.05, 4.69) is 10.1 Å². The highest BCUT2D eigenvalue weighted by molar-refractivity contribution is 5.96. The van der Waals surface area contributed by atoms with Crippen molar-refractivity contribution >= 4 is 5.78 Å². The van der Waals surface area contributed by atoms with E-state index < -0.39 is 0 Å². The minimum absolute atomic E-state index is 0.0621. The van der Waals surface area contributed by atoms with Crippen molar-refractivity contribution in [3.05, 3.63) is 47.0 Å². The van der Waals surface area contributed by atoms with E-state index in [4.69, 9.17) is 0 Å². The second-order valence-corrected chi connectivity index (χ2v) is 4.56. The first-order chi connectivity index (χ1) is 9.15. The van der Waals surface area contributed by atoms with E-state index in [-0.39, 0.29) is 5.78 Å². The Kier molecular flexibility index (Phi) is 4.10. The van der Waals surface area contributed by atoms with Gasteiger partial charge in [-0.05, 0) is 38.0 Å². The van der Waals surface area contributed by atoms with E-state index in [1.807, 2.05) is 43.7 Å². The van der Waals surface area contributed by atoms with Crippen molar-refractivity contribution in [3.8, 4) is 0 Å². The first-order valence-electron chi connectivity index (χ1n) is 6.66. The summed E-state index contributed by atoms with van der Waals surface area (Å²) in [6, 6.07) is 5.80. The Bertz CT molecular complexity index is 587. The van der Waals surface area contributed by atoms with Crippen LogP contribution in [0.5, 0.6) is 0 Å². The summed E-state index contributed by atoms with van der Waals surface area (Å²) in [6.45, 7) is 6.78. The van der Waals surface area contributed by atoms with Gasteiger partial charge in [0.15, 0.2) is 5.78 Å². The van der Waals surface area contributed by atoms with E-state index in [0.717, 1.165) is 29.9 Å². The van der Waals surface area contributed by atoms with Crippen LogP contribution in [0.1, 0.15) is 41.3 Å². The van der Waals surface area contributed by atoms with Crippen LogP contribution in [0.15, 0.2) is 24.4 Å². The first-order valence-corrected chi connectivity index (χ1v) is 6.66. The third-order valence-corrected chi connectivity index (χ3v) is 3.16. The molecule has 0 aliphatic carbocycles. The SMILES string of the molecule is CCc1cccnc1C(=O)Cc1cc(C)nn1CC. The Morgan fingerprint density at radius 1 is 1.37 bits per heavy atom. The number of hydrogen-bond donors (Lipinski definition) is 0. The third kappa shape index (κ3) is 2.89. The van der Waals surface area contributed by atoms with Gasteiger partial charge in [-0.1, -0.05) is 13.0 Å². The lowest BCUT2D eigenvalue weighted by Crippen LogP contribution is -2.12. The summed E-state index contributed by atoms with van der Waals surface area (Å²) in [6.07, 6.45) is 2.86.